The Kier molecular flexibility index (Phi) is 3.68. The van der Waals surface area contributed by atoms with Crippen LogP contribution in [-0.2, 0) is 4.74 Å². The van der Waals surface area contributed by atoms with Crippen molar-refractivity contribution in [2.24, 2.45) is 0 Å². The van der Waals surface area contributed by atoms with Crippen LogP contribution < -0.4 is 15.8 Å². The maximum absolute atomic E-state index is 13.5. The summed E-state index contributed by atoms with van der Waals surface area (Å²) < 4.78 is 23.9. The highest BCUT2D eigenvalue weighted by molar-refractivity contribution is 5.69. The Hall–Kier alpha value is -1.49. The van der Waals surface area contributed by atoms with Gasteiger partial charge in [0.05, 0.1) is 30.6 Å². The second-order valence-electron chi connectivity index (χ2n) is 4.01. The van der Waals surface area contributed by atoms with Crippen LogP contribution in [-0.4, -0.2) is 25.9 Å². The number of ether oxygens (including phenoxy) is 2. The molecule has 0 saturated carbocycles. The second kappa shape index (κ2) is 5.23. The molecule has 2 rings (SSSR count). The second-order valence-corrected chi connectivity index (χ2v) is 4.01. The number of nitrogens with two attached hydrogens (primary N) is 1. The number of anilines is 2. The molecule has 1 atom stereocenters. The Morgan fingerprint density at radius 2 is 2.41 bits per heavy atom. The average Bonchev–Trinajstić information content (AvgIpc) is 2.78. The molecule has 1 aliphatic heterocycles. The maximum Gasteiger partial charge on any atom is 0.167 e. The Bertz CT molecular complexity index is 392. The summed E-state index contributed by atoms with van der Waals surface area (Å²) in [6, 6.07) is 3.12. The molecule has 1 aromatic rings. The lowest BCUT2D eigenvalue weighted by atomic mass is 10.2. The monoisotopic (exact) mass is 240 g/mol. The molecule has 1 aromatic carbocycles. The third-order valence-electron chi connectivity index (χ3n) is 2.69. The highest BCUT2D eigenvalue weighted by Crippen LogP contribution is 2.29. The van der Waals surface area contributed by atoms with E-state index in [1.54, 1.807) is 6.07 Å². The molecule has 0 spiro atoms. The van der Waals surface area contributed by atoms with E-state index in [9.17, 15) is 4.39 Å². The summed E-state index contributed by atoms with van der Waals surface area (Å²) in [5, 5.41) is 3.24. The first-order valence-electron chi connectivity index (χ1n) is 5.76. The normalized spacial score (nSPS) is 19.3. The van der Waals surface area contributed by atoms with Gasteiger partial charge in [-0.1, -0.05) is 0 Å². The van der Waals surface area contributed by atoms with Gasteiger partial charge in [0.15, 0.2) is 11.6 Å². The number of hydrogen-bond acceptors (Lipinski definition) is 4. The van der Waals surface area contributed by atoms with Crippen molar-refractivity contribution in [3.8, 4) is 5.75 Å². The van der Waals surface area contributed by atoms with E-state index in [4.69, 9.17) is 15.2 Å². The minimum atomic E-state index is -0.433. The molecule has 1 aliphatic rings. The predicted molar refractivity (Wildman–Crippen MR) is 64.8 cm³/mol. The summed E-state index contributed by atoms with van der Waals surface area (Å²) >= 11 is 0. The average molecular weight is 240 g/mol. The lowest BCUT2D eigenvalue weighted by Crippen LogP contribution is -2.19. The highest BCUT2D eigenvalue weighted by atomic mass is 19.1. The van der Waals surface area contributed by atoms with Crippen LogP contribution in [0.4, 0.5) is 15.8 Å². The number of benzene rings is 1. The first-order chi connectivity index (χ1) is 8.20. The van der Waals surface area contributed by atoms with E-state index in [0.717, 1.165) is 13.0 Å². The highest BCUT2D eigenvalue weighted by Gasteiger charge is 2.17. The molecule has 0 aliphatic carbocycles. The van der Waals surface area contributed by atoms with Gasteiger partial charge in [0.1, 0.15) is 0 Å². The van der Waals surface area contributed by atoms with Gasteiger partial charge in [-0.3, -0.25) is 0 Å². The van der Waals surface area contributed by atoms with Gasteiger partial charge in [-0.25, -0.2) is 4.39 Å². The van der Waals surface area contributed by atoms with Crippen molar-refractivity contribution >= 4 is 11.4 Å². The predicted octanol–water partition coefficient (Wildman–Crippen LogP) is 2.01. The van der Waals surface area contributed by atoms with E-state index in [0.29, 0.717) is 24.6 Å². The largest absolute Gasteiger partial charge is 0.491 e. The number of nitrogen functional groups attached to an aromatic ring is 1. The molecule has 1 saturated heterocycles. The van der Waals surface area contributed by atoms with Gasteiger partial charge >= 0.3 is 0 Å². The van der Waals surface area contributed by atoms with E-state index in [1.165, 1.54) is 6.07 Å². The standard InChI is InChI=1S/C12H17FN2O2/c1-2-17-12-6-11(10(14)5-9(12)13)15-8-3-4-16-7-8/h5-6,8,15H,2-4,7,14H2,1H3. The first-order valence-corrected chi connectivity index (χ1v) is 5.76. The number of nitrogens with one attached hydrogen (secondary N) is 1. The Labute approximate surface area is 99.9 Å². The fourth-order valence-corrected chi connectivity index (χ4v) is 1.83. The molecule has 0 amide bonds. The molecule has 4 nitrogen and oxygen atoms in total. The molecule has 1 fully saturated rings. The van der Waals surface area contributed by atoms with E-state index < -0.39 is 5.82 Å². The topological polar surface area (TPSA) is 56.5 Å². The number of halogens is 1. The SMILES string of the molecule is CCOc1cc(NC2CCOC2)c(N)cc1F. The van der Waals surface area contributed by atoms with E-state index >= 15 is 0 Å². The molecular formula is C12H17FN2O2. The van der Waals surface area contributed by atoms with Crippen molar-refractivity contribution in [1.29, 1.82) is 0 Å². The molecular weight excluding hydrogens is 223 g/mol. The summed E-state index contributed by atoms with van der Waals surface area (Å²) in [5.41, 5.74) is 6.85. The molecule has 0 aromatic heterocycles. The van der Waals surface area contributed by atoms with Crippen LogP contribution in [0.5, 0.6) is 5.75 Å². The minimum absolute atomic E-state index is 0.225. The lowest BCUT2D eigenvalue weighted by molar-refractivity contribution is 0.195. The molecule has 1 unspecified atom stereocenters. The van der Waals surface area contributed by atoms with E-state index in [1.807, 2.05) is 6.92 Å². The van der Waals surface area contributed by atoms with Crippen molar-refractivity contribution in [2.75, 3.05) is 30.9 Å². The van der Waals surface area contributed by atoms with Gasteiger partial charge in [-0.15, -0.1) is 0 Å². The lowest BCUT2D eigenvalue weighted by Gasteiger charge is -2.16. The van der Waals surface area contributed by atoms with Crippen molar-refractivity contribution in [3.05, 3.63) is 17.9 Å². The molecule has 17 heavy (non-hydrogen) atoms. The van der Waals surface area contributed by atoms with Crippen LogP contribution in [0, 0.1) is 5.82 Å². The van der Waals surface area contributed by atoms with Crippen LogP contribution >= 0.6 is 0 Å². The van der Waals surface area contributed by atoms with Crippen LogP contribution in [0.3, 0.4) is 0 Å². The van der Waals surface area contributed by atoms with Gasteiger partial charge in [0.2, 0.25) is 0 Å². The quantitative estimate of drug-likeness (QED) is 0.790. The third kappa shape index (κ3) is 2.79. The summed E-state index contributed by atoms with van der Waals surface area (Å²) in [6.07, 6.45) is 0.931. The Morgan fingerprint density at radius 1 is 1.59 bits per heavy atom. The zero-order valence-electron chi connectivity index (χ0n) is 9.83. The van der Waals surface area contributed by atoms with Crippen LogP contribution in [0.2, 0.25) is 0 Å². The molecule has 5 heteroatoms. The maximum atomic E-state index is 13.5. The van der Waals surface area contributed by atoms with Crippen LogP contribution in [0.1, 0.15) is 13.3 Å². The smallest absolute Gasteiger partial charge is 0.167 e. The zero-order valence-corrected chi connectivity index (χ0v) is 9.83. The molecule has 0 bridgehead atoms. The summed E-state index contributed by atoms with van der Waals surface area (Å²) in [5.74, 6) is -0.208. The van der Waals surface area contributed by atoms with Gasteiger partial charge in [0, 0.05) is 18.7 Å². The fraction of sp³-hybridized carbons (Fsp3) is 0.500. The summed E-state index contributed by atoms with van der Waals surface area (Å²) in [6.45, 7) is 3.64. The summed E-state index contributed by atoms with van der Waals surface area (Å²) in [4.78, 5) is 0. The molecule has 0 radical (unpaired) electrons. The third-order valence-corrected chi connectivity index (χ3v) is 2.69. The first kappa shape index (κ1) is 12.0. The molecule has 94 valence electrons. The van der Waals surface area contributed by atoms with Gasteiger partial charge in [-0.05, 0) is 13.3 Å². The van der Waals surface area contributed by atoms with Gasteiger partial charge < -0.3 is 20.5 Å². The Balaban J connectivity index is 2.16. The number of rotatable bonds is 4. The van der Waals surface area contributed by atoms with Crippen LogP contribution in [0.15, 0.2) is 12.1 Å². The minimum Gasteiger partial charge on any atom is -0.491 e. The van der Waals surface area contributed by atoms with Crippen molar-refractivity contribution in [3.63, 3.8) is 0 Å². The van der Waals surface area contributed by atoms with Crippen molar-refractivity contribution in [2.45, 2.75) is 19.4 Å². The van der Waals surface area contributed by atoms with E-state index in [2.05, 4.69) is 5.32 Å². The van der Waals surface area contributed by atoms with Crippen LogP contribution in [0.25, 0.3) is 0 Å². The van der Waals surface area contributed by atoms with Gasteiger partial charge in [0.25, 0.3) is 0 Å². The zero-order chi connectivity index (χ0) is 12.3. The Morgan fingerprint density at radius 3 is 3.06 bits per heavy atom. The fourth-order valence-electron chi connectivity index (χ4n) is 1.83. The van der Waals surface area contributed by atoms with E-state index in [-0.39, 0.29) is 11.8 Å². The molecule has 1 heterocycles. The number of hydrogen-bond donors (Lipinski definition) is 2. The van der Waals surface area contributed by atoms with Crippen molar-refractivity contribution in [1.82, 2.24) is 0 Å². The summed E-state index contributed by atoms with van der Waals surface area (Å²) in [7, 11) is 0. The van der Waals surface area contributed by atoms with Gasteiger partial charge in [-0.2, -0.15) is 0 Å². The molecule has 3 N–H and O–H groups in total. The van der Waals surface area contributed by atoms with Crippen molar-refractivity contribution < 1.29 is 13.9 Å².